The summed E-state index contributed by atoms with van der Waals surface area (Å²) in [5, 5.41) is 46.2. The summed E-state index contributed by atoms with van der Waals surface area (Å²) >= 11 is 2.49. The predicted octanol–water partition coefficient (Wildman–Crippen LogP) is 5.04. The molecule has 2 aliphatic carbocycles. The van der Waals surface area contributed by atoms with Crippen LogP contribution in [0.5, 0.6) is 0 Å². The zero-order valence-electron chi connectivity index (χ0n) is 50.3. The lowest BCUT2D eigenvalue weighted by Gasteiger charge is -2.34. The van der Waals surface area contributed by atoms with Gasteiger partial charge >= 0.3 is 24.0 Å². The van der Waals surface area contributed by atoms with Gasteiger partial charge in [-0.1, -0.05) is 135 Å². The van der Waals surface area contributed by atoms with Crippen LogP contribution in [0.1, 0.15) is 124 Å². The quantitative estimate of drug-likeness (QED) is 0.0627. The zero-order valence-corrected chi connectivity index (χ0v) is 51.9. The zero-order chi connectivity index (χ0) is 62.3. The second-order valence-corrected chi connectivity index (χ2v) is 25.1. The summed E-state index contributed by atoms with van der Waals surface area (Å²) in [5.74, 6) is -5.48. The standard InChI is InChI=1S/2C20H36N4O3S.C20H18O8/c2*1-16(19(26)23-12-10-22(3)11-13-23)21-20(27)24(14-15-28-17(2)25)9-8-18-6-4-5-7-18;1-11-3-7-13(8-4-11)15(21)19(27,17(23)24)20(28,18(25)26)16(22)14-9-5-12(2)6-10-14/h2*16,18H,4-15H2,1-3H3,(H,21,27);3-10,27-28H,1-2H3,(H,23,24)(H,25,26)/t2*16-;/m11./s1. The minimum atomic E-state index is -3.96. The molecule has 2 aromatic rings. The Balaban J connectivity index is 0.000000270. The van der Waals surface area contributed by atoms with Gasteiger partial charge in [0.15, 0.2) is 10.2 Å². The number of nitrogens with one attached hydrogen (secondary N) is 2. The fourth-order valence-corrected chi connectivity index (χ4v) is 11.6. The first-order valence-electron chi connectivity index (χ1n) is 29.2. The second kappa shape index (κ2) is 34.3. The van der Waals surface area contributed by atoms with E-state index in [1.54, 1.807) is 51.3 Å². The van der Waals surface area contributed by atoms with E-state index in [4.69, 9.17) is 0 Å². The van der Waals surface area contributed by atoms with Gasteiger partial charge in [-0.25, -0.2) is 19.2 Å². The van der Waals surface area contributed by atoms with Gasteiger partial charge in [-0.15, -0.1) is 0 Å². The van der Waals surface area contributed by atoms with Crippen molar-refractivity contribution in [1.82, 2.24) is 40.0 Å². The van der Waals surface area contributed by atoms with Gasteiger partial charge in [0.05, 0.1) is 0 Å². The van der Waals surface area contributed by atoms with Crippen molar-refractivity contribution in [3.63, 3.8) is 0 Å². The van der Waals surface area contributed by atoms with Gasteiger partial charge in [-0.2, -0.15) is 0 Å². The molecule has 6 amide bonds. The molecule has 24 heteroatoms. The smallest absolute Gasteiger partial charge is 0.348 e. The Morgan fingerprint density at radius 3 is 1.10 bits per heavy atom. The van der Waals surface area contributed by atoms with E-state index in [1.807, 2.05) is 23.9 Å². The van der Waals surface area contributed by atoms with Crippen molar-refractivity contribution < 1.29 is 68.4 Å². The number of hydrogen-bond acceptors (Lipinski definition) is 16. The van der Waals surface area contributed by atoms with Crippen LogP contribution in [0.3, 0.4) is 0 Å². The Hall–Kier alpha value is -5.92. The van der Waals surface area contributed by atoms with Crippen LogP contribution < -0.4 is 10.6 Å². The molecule has 2 heterocycles. The molecule has 84 heavy (non-hydrogen) atoms. The van der Waals surface area contributed by atoms with Crippen LogP contribution in [-0.4, -0.2) is 235 Å². The van der Waals surface area contributed by atoms with Gasteiger partial charge in [-0.05, 0) is 66.5 Å². The van der Waals surface area contributed by atoms with Crippen molar-refractivity contribution >= 4 is 81.1 Å². The molecule has 4 aliphatic rings. The Bertz CT molecular complexity index is 2380. The molecule has 4 fully saturated rings. The van der Waals surface area contributed by atoms with Crippen LogP contribution in [0, 0.1) is 25.7 Å². The lowest BCUT2D eigenvalue weighted by Crippen LogP contribution is -2.71. The van der Waals surface area contributed by atoms with Gasteiger partial charge in [0.25, 0.3) is 11.2 Å². The van der Waals surface area contributed by atoms with Gasteiger partial charge in [0, 0.05) is 115 Å². The van der Waals surface area contributed by atoms with Crippen molar-refractivity contribution in [2.24, 2.45) is 11.8 Å². The highest BCUT2D eigenvalue weighted by atomic mass is 32.2. The number of carbonyl (C=O) groups is 10. The Morgan fingerprint density at radius 1 is 0.524 bits per heavy atom. The number of ketones is 2. The topological polar surface area (TPSA) is 295 Å². The number of aliphatic carboxylic acids is 2. The number of aryl methyl sites for hydroxylation is 2. The molecule has 2 aromatic carbocycles. The van der Waals surface area contributed by atoms with Gasteiger partial charge in [-0.3, -0.25) is 28.8 Å². The summed E-state index contributed by atoms with van der Waals surface area (Å²) < 4.78 is 0. The largest absolute Gasteiger partial charge is 0.479 e. The first-order valence-corrected chi connectivity index (χ1v) is 31.1. The molecule has 22 nitrogen and oxygen atoms in total. The van der Waals surface area contributed by atoms with Gasteiger partial charge < -0.3 is 60.5 Å². The number of hydrogen-bond donors (Lipinski definition) is 6. The van der Waals surface area contributed by atoms with Crippen LogP contribution in [0.25, 0.3) is 0 Å². The van der Waals surface area contributed by atoms with Gasteiger partial charge in [0.1, 0.15) is 12.1 Å². The third kappa shape index (κ3) is 20.9. The van der Waals surface area contributed by atoms with E-state index in [0.717, 1.165) is 63.3 Å². The van der Waals surface area contributed by atoms with Crippen molar-refractivity contribution in [3.05, 3.63) is 70.8 Å². The summed E-state index contributed by atoms with van der Waals surface area (Å²) in [6.07, 6.45) is 12.1. The number of likely N-dealkylation sites (N-methyl/N-ethyl adjacent to an activating group) is 2. The molecule has 0 spiro atoms. The highest BCUT2D eigenvalue weighted by molar-refractivity contribution is 8.13. The molecule has 0 aromatic heterocycles. The fourth-order valence-electron chi connectivity index (χ4n) is 10.4. The van der Waals surface area contributed by atoms with E-state index in [0.29, 0.717) is 86.8 Å². The first kappa shape index (κ1) is 70.6. The fraction of sp³-hybridized carbons (Fsp3) is 0.633. The van der Waals surface area contributed by atoms with E-state index in [2.05, 4.69) is 20.4 Å². The maximum absolute atomic E-state index is 12.8. The SMILES string of the molecule is CC(=O)SCCN(CCC1CCCC1)C(=O)N[C@H](C)C(=O)N1CCN(C)CC1.CC(=O)SCCN(CCC1CCCC1)C(=O)N[C@H](C)C(=O)N1CCN(C)CC1.Cc1ccc(C(=O)C(O)(C(=O)O)C(O)(C(=O)O)C(=O)c2ccc(C)cc2)cc1. The lowest BCUT2D eigenvalue weighted by molar-refractivity contribution is -0.187. The Morgan fingerprint density at radius 2 is 0.821 bits per heavy atom. The Kier molecular flexibility index (Phi) is 28.8. The van der Waals surface area contributed by atoms with Crippen molar-refractivity contribution in [2.75, 3.05) is 104 Å². The van der Waals surface area contributed by atoms with E-state index >= 15 is 0 Å². The molecule has 4 atom stereocenters. The van der Waals surface area contributed by atoms with Crippen LogP contribution in [0.2, 0.25) is 0 Å². The summed E-state index contributed by atoms with van der Waals surface area (Å²) in [4.78, 5) is 134. The molecule has 466 valence electrons. The maximum atomic E-state index is 12.8. The normalized spacial score (nSPS) is 18.0. The molecular formula is C60H90N8O14S2. The highest BCUT2D eigenvalue weighted by Crippen LogP contribution is 2.33. The highest BCUT2D eigenvalue weighted by Gasteiger charge is 2.70. The van der Waals surface area contributed by atoms with Crippen LogP contribution in [-0.2, 0) is 28.8 Å². The summed E-state index contributed by atoms with van der Waals surface area (Å²) in [7, 11) is 4.10. The minimum Gasteiger partial charge on any atom is -0.479 e. The second-order valence-electron chi connectivity index (χ2n) is 22.6. The van der Waals surface area contributed by atoms with Gasteiger partial charge in [0.2, 0.25) is 23.4 Å². The number of carboxylic acid groups (broad SMARTS) is 2. The molecular weight excluding hydrogens is 1120 g/mol. The molecule has 2 saturated heterocycles. The lowest BCUT2D eigenvalue weighted by atomic mass is 9.73. The summed E-state index contributed by atoms with van der Waals surface area (Å²) in [5.41, 5.74) is -7.27. The Labute approximate surface area is 503 Å². The van der Waals surface area contributed by atoms with Crippen LogP contribution in [0.15, 0.2) is 48.5 Å². The monoisotopic (exact) mass is 1210 g/mol. The number of thioether (sulfide) groups is 2. The molecule has 0 radical (unpaired) electrons. The third-order valence-electron chi connectivity index (χ3n) is 15.9. The van der Waals surface area contributed by atoms with Crippen molar-refractivity contribution in [1.29, 1.82) is 0 Å². The number of carbonyl (C=O) groups excluding carboxylic acids is 8. The number of nitrogens with zero attached hydrogens (tertiary/aromatic N) is 6. The summed E-state index contributed by atoms with van der Waals surface area (Å²) in [6.45, 7) is 18.7. The number of carboxylic acids is 2. The molecule has 2 unspecified atom stereocenters. The van der Waals surface area contributed by atoms with Crippen molar-refractivity contribution in [3.8, 4) is 0 Å². The predicted molar refractivity (Wildman–Crippen MR) is 323 cm³/mol. The summed E-state index contributed by atoms with van der Waals surface area (Å²) in [6, 6.07) is 8.87. The maximum Gasteiger partial charge on any atom is 0.348 e. The molecule has 6 N–H and O–H groups in total. The number of benzene rings is 2. The number of amides is 6. The van der Waals surface area contributed by atoms with E-state index in [9.17, 15) is 68.4 Å². The molecule has 0 bridgehead atoms. The average Bonchev–Trinajstić information content (AvgIpc) is 1.21. The van der Waals surface area contributed by atoms with E-state index in [-0.39, 0.29) is 45.2 Å². The van der Waals surface area contributed by atoms with E-state index in [1.165, 1.54) is 99.2 Å². The number of urea groups is 2. The van der Waals surface area contributed by atoms with E-state index < -0.39 is 46.8 Å². The number of Topliss-reactive ketones (excluding diaryl/α,β-unsaturated/α-hetero) is 2. The van der Waals surface area contributed by atoms with Crippen LogP contribution in [0.4, 0.5) is 9.59 Å². The van der Waals surface area contributed by atoms with Crippen molar-refractivity contribution in [2.45, 2.75) is 129 Å². The van der Waals surface area contributed by atoms with Crippen LogP contribution >= 0.6 is 23.5 Å². The molecule has 2 aliphatic heterocycles. The number of aliphatic hydroxyl groups is 2. The molecule has 6 rings (SSSR count). The number of piperazine rings is 2. The third-order valence-corrected chi connectivity index (χ3v) is 17.5. The number of rotatable bonds is 23. The minimum absolute atomic E-state index is 0.0182. The molecule has 2 saturated carbocycles. The first-order chi connectivity index (χ1) is 39.7. The average molecular weight is 1210 g/mol.